The van der Waals surface area contributed by atoms with Crippen molar-refractivity contribution < 1.29 is 4.74 Å². The third-order valence-electron chi connectivity index (χ3n) is 3.76. The summed E-state index contributed by atoms with van der Waals surface area (Å²) in [6.07, 6.45) is 0.00681. The largest absolute Gasteiger partial charge is 0.367 e. The van der Waals surface area contributed by atoms with Crippen LogP contribution in [0.3, 0.4) is 0 Å². The molecule has 22 heavy (non-hydrogen) atoms. The molecule has 0 radical (unpaired) electrons. The molecular weight excluding hydrogens is 294 g/mol. The summed E-state index contributed by atoms with van der Waals surface area (Å²) in [5.74, 6) is 0. The Bertz CT molecular complexity index is 538. The quantitative estimate of drug-likeness (QED) is 0.783. The van der Waals surface area contributed by atoms with Gasteiger partial charge in [0.1, 0.15) is 6.10 Å². The Morgan fingerprint density at radius 2 is 1.32 bits per heavy atom. The number of hydrogen-bond donors (Lipinski definition) is 0. The molecule has 0 atom stereocenters. The van der Waals surface area contributed by atoms with E-state index in [1.54, 1.807) is 0 Å². The molecule has 2 aromatic carbocycles. The molecule has 0 N–H and O–H groups in total. The Morgan fingerprint density at radius 1 is 0.864 bits per heavy atom. The number of ether oxygens (including phenoxy) is 1. The smallest absolute Gasteiger partial charge is 0.108 e. The van der Waals surface area contributed by atoms with E-state index in [4.69, 9.17) is 4.74 Å². The summed E-state index contributed by atoms with van der Waals surface area (Å²) in [5.41, 5.74) is 5.06. The van der Waals surface area contributed by atoms with Crippen molar-refractivity contribution in [1.29, 1.82) is 0 Å². The zero-order valence-corrected chi connectivity index (χ0v) is 14.7. The standard InChI is InChI=1S/C19H25NO.ClH/c1-15-9-5-7-11-17(15)19(21-14-13-20(3)4)18-12-8-6-10-16(18)2;/h5-12,19H,13-14H2,1-4H3;1H. The molecule has 0 heterocycles. The molecule has 120 valence electrons. The highest BCUT2D eigenvalue weighted by molar-refractivity contribution is 5.85. The molecule has 0 unspecified atom stereocenters. The summed E-state index contributed by atoms with van der Waals surface area (Å²) >= 11 is 0. The summed E-state index contributed by atoms with van der Waals surface area (Å²) in [5, 5.41) is 0. The van der Waals surface area contributed by atoms with Gasteiger partial charge in [-0.25, -0.2) is 0 Å². The van der Waals surface area contributed by atoms with Crippen molar-refractivity contribution in [2.24, 2.45) is 0 Å². The zero-order chi connectivity index (χ0) is 15.2. The lowest BCUT2D eigenvalue weighted by molar-refractivity contribution is 0.0680. The first-order valence-electron chi connectivity index (χ1n) is 7.47. The minimum absolute atomic E-state index is 0. The molecule has 0 bridgehead atoms. The molecule has 0 saturated carbocycles. The molecule has 0 aliphatic heterocycles. The Balaban J connectivity index is 0.00000242. The van der Waals surface area contributed by atoms with Gasteiger partial charge >= 0.3 is 0 Å². The Hall–Kier alpha value is -1.35. The van der Waals surface area contributed by atoms with Gasteiger partial charge in [-0.15, -0.1) is 12.4 Å². The van der Waals surface area contributed by atoms with Crippen LogP contribution in [0.25, 0.3) is 0 Å². The fraction of sp³-hybridized carbons (Fsp3) is 0.368. The molecule has 0 saturated heterocycles. The van der Waals surface area contributed by atoms with Crippen LogP contribution in [0, 0.1) is 13.8 Å². The van der Waals surface area contributed by atoms with Crippen molar-refractivity contribution in [3.05, 3.63) is 70.8 Å². The van der Waals surface area contributed by atoms with Gasteiger partial charge in [0.05, 0.1) is 6.61 Å². The fourth-order valence-electron chi connectivity index (χ4n) is 2.46. The first kappa shape index (κ1) is 18.7. The van der Waals surface area contributed by atoms with Crippen LogP contribution in [0.5, 0.6) is 0 Å². The van der Waals surface area contributed by atoms with Crippen molar-refractivity contribution in [2.75, 3.05) is 27.2 Å². The van der Waals surface area contributed by atoms with E-state index in [0.717, 1.165) is 13.2 Å². The van der Waals surface area contributed by atoms with Crippen LogP contribution in [-0.4, -0.2) is 32.1 Å². The predicted octanol–water partition coefficient (Wildman–Crippen LogP) is 4.39. The lowest BCUT2D eigenvalue weighted by Gasteiger charge is -2.23. The maximum atomic E-state index is 6.25. The molecular formula is C19H26ClNO. The number of rotatable bonds is 6. The van der Waals surface area contributed by atoms with Gasteiger partial charge in [0.25, 0.3) is 0 Å². The van der Waals surface area contributed by atoms with Gasteiger partial charge in [-0.2, -0.15) is 0 Å². The van der Waals surface area contributed by atoms with Crippen molar-refractivity contribution in [2.45, 2.75) is 20.0 Å². The van der Waals surface area contributed by atoms with Crippen LogP contribution in [-0.2, 0) is 4.74 Å². The molecule has 2 nitrogen and oxygen atoms in total. The monoisotopic (exact) mass is 319 g/mol. The Kier molecular flexibility index (Phi) is 7.60. The molecule has 2 rings (SSSR count). The van der Waals surface area contributed by atoms with Gasteiger partial charge in [0, 0.05) is 6.54 Å². The van der Waals surface area contributed by atoms with E-state index in [2.05, 4.69) is 81.4 Å². The normalized spacial score (nSPS) is 10.8. The highest BCUT2D eigenvalue weighted by atomic mass is 35.5. The molecule has 0 aliphatic rings. The molecule has 3 heteroatoms. The van der Waals surface area contributed by atoms with Crippen LogP contribution in [0.15, 0.2) is 48.5 Å². The molecule has 0 aromatic heterocycles. The molecule has 0 fully saturated rings. The minimum Gasteiger partial charge on any atom is -0.367 e. The molecule has 0 amide bonds. The van der Waals surface area contributed by atoms with Gasteiger partial charge in [-0.05, 0) is 50.2 Å². The van der Waals surface area contributed by atoms with Gasteiger partial charge in [0.2, 0.25) is 0 Å². The lowest BCUT2D eigenvalue weighted by atomic mass is 9.94. The molecule has 0 spiro atoms. The maximum Gasteiger partial charge on any atom is 0.108 e. The number of aryl methyl sites for hydroxylation is 2. The van der Waals surface area contributed by atoms with E-state index < -0.39 is 0 Å². The highest BCUT2D eigenvalue weighted by Crippen LogP contribution is 2.30. The van der Waals surface area contributed by atoms with Crippen molar-refractivity contribution in [3.8, 4) is 0 Å². The fourth-order valence-corrected chi connectivity index (χ4v) is 2.46. The third kappa shape index (κ3) is 4.84. The van der Waals surface area contributed by atoms with Gasteiger partial charge in [-0.3, -0.25) is 0 Å². The number of benzene rings is 2. The van der Waals surface area contributed by atoms with Crippen LogP contribution in [0.1, 0.15) is 28.4 Å². The molecule has 0 aliphatic carbocycles. The highest BCUT2D eigenvalue weighted by Gasteiger charge is 2.18. The Morgan fingerprint density at radius 3 is 1.73 bits per heavy atom. The minimum atomic E-state index is 0. The van der Waals surface area contributed by atoms with E-state index in [1.165, 1.54) is 22.3 Å². The number of nitrogens with zero attached hydrogens (tertiary/aromatic N) is 1. The maximum absolute atomic E-state index is 6.25. The first-order valence-corrected chi connectivity index (χ1v) is 7.47. The predicted molar refractivity (Wildman–Crippen MR) is 96.0 cm³/mol. The second-order valence-corrected chi connectivity index (χ2v) is 5.77. The first-order chi connectivity index (χ1) is 10.1. The average molecular weight is 320 g/mol. The van der Waals surface area contributed by atoms with Crippen LogP contribution in [0.4, 0.5) is 0 Å². The number of hydrogen-bond acceptors (Lipinski definition) is 2. The topological polar surface area (TPSA) is 12.5 Å². The third-order valence-corrected chi connectivity index (χ3v) is 3.76. The summed E-state index contributed by atoms with van der Waals surface area (Å²) in [7, 11) is 4.14. The zero-order valence-electron chi connectivity index (χ0n) is 13.9. The van der Waals surface area contributed by atoms with E-state index in [-0.39, 0.29) is 18.5 Å². The average Bonchev–Trinajstić information content (AvgIpc) is 2.45. The van der Waals surface area contributed by atoms with Crippen LogP contribution in [0.2, 0.25) is 0 Å². The summed E-state index contributed by atoms with van der Waals surface area (Å²) in [6, 6.07) is 17.0. The van der Waals surface area contributed by atoms with Crippen LogP contribution < -0.4 is 0 Å². The van der Waals surface area contributed by atoms with E-state index in [0.29, 0.717) is 0 Å². The van der Waals surface area contributed by atoms with Gasteiger partial charge in [0.15, 0.2) is 0 Å². The van der Waals surface area contributed by atoms with E-state index >= 15 is 0 Å². The summed E-state index contributed by atoms with van der Waals surface area (Å²) in [6.45, 7) is 5.94. The van der Waals surface area contributed by atoms with Crippen molar-refractivity contribution >= 4 is 12.4 Å². The van der Waals surface area contributed by atoms with Crippen molar-refractivity contribution in [1.82, 2.24) is 4.90 Å². The number of halogens is 1. The lowest BCUT2D eigenvalue weighted by Crippen LogP contribution is -2.20. The summed E-state index contributed by atoms with van der Waals surface area (Å²) < 4.78 is 6.25. The van der Waals surface area contributed by atoms with Gasteiger partial charge < -0.3 is 9.64 Å². The second-order valence-electron chi connectivity index (χ2n) is 5.77. The van der Waals surface area contributed by atoms with Crippen LogP contribution >= 0.6 is 12.4 Å². The molecule has 2 aromatic rings. The van der Waals surface area contributed by atoms with E-state index in [9.17, 15) is 0 Å². The summed E-state index contributed by atoms with van der Waals surface area (Å²) in [4.78, 5) is 2.15. The Labute approximate surface area is 140 Å². The second kappa shape index (κ2) is 8.94. The van der Waals surface area contributed by atoms with Crippen molar-refractivity contribution in [3.63, 3.8) is 0 Å². The van der Waals surface area contributed by atoms with E-state index in [1.807, 2.05) is 0 Å². The number of likely N-dealkylation sites (N-methyl/N-ethyl adjacent to an activating group) is 1. The van der Waals surface area contributed by atoms with Gasteiger partial charge in [-0.1, -0.05) is 48.5 Å². The SMILES string of the molecule is Cc1ccccc1C(OCCN(C)C)c1ccccc1C.Cl.